The molecule has 3 rings (SSSR count). The van der Waals surface area contributed by atoms with Crippen molar-refractivity contribution in [3.63, 3.8) is 0 Å². The van der Waals surface area contributed by atoms with Crippen LogP contribution < -0.4 is 4.73 Å². The summed E-state index contributed by atoms with van der Waals surface area (Å²) < 4.78 is 1.01. The molecule has 0 aliphatic rings. The first-order valence-corrected chi connectivity index (χ1v) is 6.97. The number of hydrogen-bond acceptors (Lipinski definition) is 1. The number of allylic oxidation sites excluding steroid dienone is 1. The third-order valence-corrected chi connectivity index (χ3v) is 3.80. The zero-order valence-electron chi connectivity index (χ0n) is 12.3. The molecule has 0 fully saturated rings. The standard InChI is InChI=1S/C19H17NO/c1-13(2)19-18(15-9-5-4-6-10-15)17-12-8-7-11-16(17)14(3)20(19)21/h4-12H,1H2,2-3H3. The molecule has 104 valence electrons. The maximum absolute atomic E-state index is 12.7. The minimum Gasteiger partial charge on any atom is -0.618 e. The zero-order valence-corrected chi connectivity index (χ0v) is 12.3. The predicted molar refractivity (Wildman–Crippen MR) is 87.8 cm³/mol. The van der Waals surface area contributed by atoms with Crippen molar-refractivity contribution < 1.29 is 4.73 Å². The van der Waals surface area contributed by atoms with Crippen LogP contribution in [0.1, 0.15) is 18.3 Å². The molecule has 0 aliphatic heterocycles. The minimum atomic E-state index is 0.650. The molecule has 2 nitrogen and oxygen atoms in total. The first-order valence-electron chi connectivity index (χ1n) is 6.97. The normalized spacial score (nSPS) is 10.8. The zero-order chi connectivity index (χ0) is 15.0. The lowest BCUT2D eigenvalue weighted by molar-refractivity contribution is -0.612. The van der Waals surface area contributed by atoms with Crippen molar-refractivity contribution in [1.29, 1.82) is 0 Å². The number of nitrogens with zero attached hydrogens (tertiary/aromatic N) is 1. The van der Waals surface area contributed by atoms with Gasteiger partial charge >= 0.3 is 0 Å². The van der Waals surface area contributed by atoms with Gasteiger partial charge in [-0.3, -0.25) is 0 Å². The van der Waals surface area contributed by atoms with Gasteiger partial charge in [0.25, 0.3) is 0 Å². The Kier molecular flexibility index (Phi) is 3.22. The molecule has 0 amide bonds. The maximum Gasteiger partial charge on any atom is 0.227 e. The number of aryl methyl sites for hydroxylation is 1. The van der Waals surface area contributed by atoms with E-state index in [1.807, 2.05) is 62.4 Å². The summed E-state index contributed by atoms with van der Waals surface area (Å²) in [6.45, 7) is 7.74. The monoisotopic (exact) mass is 275 g/mol. The average Bonchev–Trinajstić information content (AvgIpc) is 2.51. The smallest absolute Gasteiger partial charge is 0.227 e. The lowest BCUT2D eigenvalue weighted by Gasteiger charge is -2.16. The summed E-state index contributed by atoms with van der Waals surface area (Å²) >= 11 is 0. The van der Waals surface area contributed by atoms with Crippen molar-refractivity contribution in [2.75, 3.05) is 0 Å². The Bertz CT molecular complexity index is 835. The van der Waals surface area contributed by atoms with E-state index in [1.54, 1.807) is 0 Å². The third-order valence-electron chi connectivity index (χ3n) is 3.80. The molecule has 0 unspecified atom stereocenters. The van der Waals surface area contributed by atoms with E-state index in [9.17, 15) is 5.21 Å². The van der Waals surface area contributed by atoms with Crippen LogP contribution in [-0.4, -0.2) is 0 Å². The first-order chi connectivity index (χ1) is 10.1. The number of aromatic nitrogens is 1. The molecular formula is C19H17NO. The molecule has 1 heterocycles. The van der Waals surface area contributed by atoms with Crippen LogP contribution in [0.5, 0.6) is 0 Å². The summed E-state index contributed by atoms with van der Waals surface area (Å²) in [5.41, 5.74) is 4.13. The Morgan fingerprint density at radius 3 is 2.14 bits per heavy atom. The van der Waals surface area contributed by atoms with Crippen LogP contribution in [0.25, 0.3) is 27.5 Å². The van der Waals surface area contributed by atoms with E-state index < -0.39 is 0 Å². The Morgan fingerprint density at radius 2 is 1.52 bits per heavy atom. The first kappa shape index (κ1) is 13.4. The quantitative estimate of drug-likeness (QED) is 0.500. The summed E-state index contributed by atoms with van der Waals surface area (Å²) in [6, 6.07) is 18.0. The number of hydrogen-bond donors (Lipinski definition) is 0. The molecule has 2 heteroatoms. The fraction of sp³-hybridized carbons (Fsp3) is 0.105. The highest BCUT2D eigenvalue weighted by atomic mass is 16.5. The van der Waals surface area contributed by atoms with E-state index >= 15 is 0 Å². The molecule has 0 atom stereocenters. The van der Waals surface area contributed by atoms with Gasteiger partial charge in [0.05, 0.1) is 10.9 Å². The fourth-order valence-electron chi connectivity index (χ4n) is 2.81. The Hall–Kier alpha value is -2.61. The molecular weight excluding hydrogens is 258 g/mol. The van der Waals surface area contributed by atoms with E-state index in [0.29, 0.717) is 11.4 Å². The molecule has 0 saturated carbocycles. The summed E-state index contributed by atoms with van der Waals surface area (Å²) in [5.74, 6) is 0. The van der Waals surface area contributed by atoms with Crippen LogP contribution in [-0.2, 0) is 0 Å². The largest absolute Gasteiger partial charge is 0.618 e. The molecule has 1 aromatic heterocycles. The van der Waals surface area contributed by atoms with Gasteiger partial charge in [0.2, 0.25) is 5.69 Å². The highest BCUT2D eigenvalue weighted by Crippen LogP contribution is 2.34. The summed E-state index contributed by atoms with van der Waals surface area (Å²) in [6.07, 6.45) is 0. The van der Waals surface area contributed by atoms with Gasteiger partial charge in [-0.1, -0.05) is 55.1 Å². The lowest BCUT2D eigenvalue weighted by atomic mass is 9.94. The number of fused-ring (bicyclic) bond motifs is 1. The molecule has 3 aromatic rings. The van der Waals surface area contributed by atoms with Gasteiger partial charge < -0.3 is 5.21 Å². The van der Waals surface area contributed by atoms with Gasteiger partial charge in [0.1, 0.15) is 0 Å². The van der Waals surface area contributed by atoms with Gasteiger partial charge in [-0.05, 0) is 18.6 Å². The minimum absolute atomic E-state index is 0.650. The molecule has 0 radical (unpaired) electrons. The summed E-state index contributed by atoms with van der Waals surface area (Å²) in [5, 5.41) is 14.7. The van der Waals surface area contributed by atoms with Gasteiger partial charge in [0, 0.05) is 17.9 Å². The number of pyridine rings is 1. The molecule has 2 aromatic carbocycles. The Balaban J connectivity index is 2.54. The second-order valence-electron chi connectivity index (χ2n) is 5.30. The fourth-order valence-corrected chi connectivity index (χ4v) is 2.81. The molecule has 0 bridgehead atoms. The lowest BCUT2D eigenvalue weighted by Crippen LogP contribution is -2.35. The Morgan fingerprint density at radius 1 is 0.952 bits per heavy atom. The van der Waals surface area contributed by atoms with Crippen LogP contribution in [0.15, 0.2) is 61.2 Å². The molecule has 0 spiro atoms. The van der Waals surface area contributed by atoms with E-state index in [1.165, 1.54) is 0 Å². The van der Waals surface area contributed by atoms with Crippen LogP contribution in [0.3, 0.4) is 0 Å². The van der Waals surface area contributed by atoms with Gasteiger partial charge in [0.15, 0.2) is 5.69 Å². The second kappa shape index (κ2) is 5.06. The molecule has 0 N–H and O–H groups in total. The topological polar surface area (TPSA) is 26.9 Å². The van der Waals surface area contributed by atoms with Crippen LogP contribution in [0.4, 0.5) is 0 Å². The molecule has 21 heavy (non-hydrogen) atoms. The third kappa shape index (κ3) is 2.09. The van der Waals surface area contributed by atoms with Crippen LogP contribution >= 0.6 is 0 Å². The maximum atomic E-state index is 12.7. The van der Waals surface area contributed by atoms with Crippen molar-refractivity contribution in [3.05, 3.63) is 77.8 Å². The van der Waals surface area contributed by atoms with E-state index in [-0.39, 0.29) is 0 Å². The summed E-state index contributed by atoms with van der Waals surface area (Å²) in [4.78, 5) is 0. The van der Waals surface area contributed by atoms with Crippen molar-refractivity contribution >= 4 is 16.3 Å². The van der Waals surface area contributed by atoms with Crippen molar-refractivity contribution in [2.24, 2.45) is 0 Å². The van der Waals surface area contributed by atoms with Gasteiger partial charge in [-0.25, -0.2) is 0 Å². The van der Waals surface area contributed by atoms with E-state index in [0.717, 1.165) is 32.2 Å². The van der Waals surface area contributed by atoms with Crippen molar-refractivity contribution in [1.82, 2.24) is 0 Å². The van der Waals surface area contributed by atoms with E-state index in [4.69, 9.17) is 0 Å². The van der Waals surface area contributed by atoms with E-state index in [2.05, 4.69) is 12.6 Å². The molecule has 0 aliphatic carbocycles. The van der Waals surface area contributed by atoms with Gasteiger partial charge in [-0.15, -0.1) is 0 Å². The SMILES string of the molecule is C=C(C)c1c(-c2ccccc2)c2ccccc2c(C)[n+]1[O-]. The van der Waals surface area contributed by atoms with Crippen molar-refractivity contribution in [2.45, 2.75) is 13.8 Å². The summed E-state index contributed by atoms with van der Waals surface area (Å²) in [7, 11) is 0. The van der Waals surface area contributed by atoms with Crippen molar-refractivity contribution in [3.8, 4) is 11.1 Å². The van der Waals surface area contributed by atoms with Gasteiger partial charge in [-0.2, -0.15) is 4.73 Å². The number of rotatable bonds is 2. The molecule has 0 saturated heterocycles. The number of benzene rings is 2. The second-order valence-corrected chi connectivity index (χ2v) is 5.30. The Labute approximate surface area is 124 Å². The van der Waals surface area contributed by atoms with Crippen LogP contribution in [0.2, 0.25) is 0 Å². The van der Waals surface area contributed by atoms with Crippen LogP contribution in [0, 0.1) is 12.1 Å². The average molecular weight is 275 g/mol. The predicted octanol–water partition coefficient (Wildman–Crippen LogP) is 4.48. The highest BCUT2D eigenvalue weighted by Gasteiger charge is 2.22. The highest BCUT2D eigenvalue weighted by molar-refractivity contribution is 6.00.